The number of likely N-dealkylation sites (tertiary alicyclic amines) is 1. The third-order valence-electron chi connectivity index (χ3n) is 4.58. The number of piperidine rings is 1. The number of nitrogens with one attached hydrogen (secondary N) is 1. The molecule has 2 fully saturated rings. The lowest BCUT2D eigenvalue weighted by Gasteiger charge is -2.44. The number of nitrogens with zero attached hydrogens (tertiary/aromatic N) is 2. The largest absolute Gasteiger partial charge is 0.380 e. The van der Waals surface area contributed by atoms with Crippen LogP contribution < -0.4 is 5.32 Å². The number of ether oxygens (including phenoxy) is 1. The molecule has 2 aliphatic heterocycles. The third kappa shape index (κ3) is 3.44. The highest BCUT2D eigenvalue weighted by atomic mass is 16.5. The van der Waals surface area contributed by atoms with E-state index < -0.39 is 0 Å². The second-order valence-electron chi connectivity index (χ2n) is 5.80. The predicted molar refractivity (Wildman–Crippen MR) is 75.0 cm³/mol. The SMILES string of the molecule is CCNC1CCOCC1N(C)C1CCN(C)CC1. The van der Waals surface area contributed by atoms with Crippen molar-refractivity contribution in [2.24, 2.45) is 0 Å². The molecule has 0 radical (unpaired) electrons. The molecule has 4 heteroatoms. The van der Waals surface area contributed by atoms with E-state index in [0.29, 0.717) is 12.1 Å². The fourth-order valence-electron chi connectivity index (χ4n) is 3.30. The Kier molecular flexibility index (Phi) is 5.42. The first-order chi connectivity index (χ1) is 8.72. The maximum absolute atomic E-state index is 5.70. The molecule has 2 saturated heterocycles. The van der Waals surface area contributed by atoms with Crippen LogP contribution in [0.3, 0.4) is 0 Å². The Morgan fingerprint density at radius 3 is 2.67 bits per heavy atom. The van der Waals surface area contributed by atoms with Crippen molar-refractivity contribution in [3.8, 4) is 0 Å². The van der Waals surface area contributed by atoms with Gasteiger partial charge in [0.1, 0.15) is 0 Å². The molecule has 2 rings (SSSR count). The number of hydrogen-bond donors (Lipinski definition) is 1. The van der Waals surface area contributed by atoms with Crippen molar-refractivity contribution in [1.29, 1.82) is 0 Å². The van der Waals surface area contributed by atoms with E-state index >= 15 is 0 Å². The first kappa shape index (κ1) is 14.3. The Bertz CT molecular complexity index is 239. The van der Waals surface area contributed by atoms with E-state index in [9.17, 15) is 0 Å². The minimum absolute atomic E-state index is 0.548. The molecular formula is C14H29N3O. The normalized spacial score (nSPS) is 32.0. The van der Waals surface area contributed by atoms with Crippen LogP contribution in [0.25, 0.3) is 0 Å². The summed E-state index contributed by atoms with van der Waals surface area (Å²) in [4.78, 5) is 5.02. The van der Waals surface area contributed by atoms with Gasteiger partial charge in [0.15, 0.2) is 0 Å². The Hall–Kier alpha value is -0.160. The molecule has 106 valence electrons. The standard InChI is InChI=1S/C14H29N3O/c1-4-15-13-7-10-18-11-14(13)17(3)12-5-8-16(2)9-6-12/h12-15H,4-11H2,1-3H3. The van der Waals surface area contributed by atoms with Crippen LogP contribution in [-0.4, -0.2) is 74.9 Å². The number of rotatable bonds is 4. The molecule has 0 spiro atoms. The highest BCUT2D eigenvalue weighted by Crippen LogP contribution is 2.21. The second kappa shape index (κ2) is 6.85. The van der Waals surface area contributed by atoms with Gasteiger partial charge in [0.2, 0.25) is 0 Å². The molecule has 1 N–H and O–H groups in total. The Morgan fingerprint density at radius 2 is 2.00 bits per heavy atom. The zero-order chi connectivity index (χ0) is 13.0. The predicted octanol–water partition coefficient (Wildman–Crippen LogP) is 0.779. The van der Waals surface area contributed by atoms with Gasteiger partial charge < -0.3 is 15.0 Å². The summed E-state index contributed by atoms with van der Waals surface area (Å²) in [5.74, 6) is 0. The first-order valence-electron chi connectivity index (χ1n) is 7.44. The molecule has 2 unspecified atom stereocenters. The molecule has 0 amide bonds. The summed E-state index contributed by atoms with van der Waals surface area (Å²) in [6, 6.07) is 1.88. The zero-order valence-corrected chi connectivity index (χ0v) is 12.2. The van der Waals surface area contributed by atoms with Gasteiger partial charge in [-0.2, -0.15) is 0 Å². The Morgan fingerprint density at radius 1 is 1.28 bits per heavy atom. The number of hydrogen-bond acceptors (Lipinski definition) is 4. The van der Waals surface area contributed by atoms with Gasteiger partial charge in [-0.25, -0.2) is 0 Å². The lowest BCUT2D eigenvalue weighted by molar-refractivity contribution is -0.0173. The molecule has 2 atom stereocenters. The van der Waals surface area contributed by atoms with Gasteiger partial charge in [-0.05, 0) is 53.0 Å². The average Bonchev–Trinajstić information content (AvgIpc) is 2.40. The van der Waals surface area contributed by atoms with Crippen LogP contribution in [0.15, 0.2) is 0 Å². The van der Waals surface area contributed by atoms with Gasteiger partial charge in [-0.15, -0.1) is 0 Å². The zero-order valence-electron chi connectivity index (χ0n) is 12.2. The molecule has 4 nitrogen and oxygen atoms in total. The lowest BCUT2D eigenvalue weighted by atomic mass is 9.96. The maximum Gasteiger partial charge on any atom is 0.0637 e. The summed E-state index contributed by atoms with van der Waals surface area (Å²) in [7, 11) is 4.51. The van der Waals surface area contributed by atoms with Crippen LogP contribution in [0.1, 0.15) is 26.2 Å². The molecule has 0 aromatic carbocycles. The summed E-state index contributed by atoms with van der Waals surface area (Å²) in [5, 5.41) is 3.63. The van der Waals surface area contributed by atoms with Gasteiger partial charge in [0.25, 0.3) is 0 Å². The summed E-state index contributed by atoms with van der Waals surface area (Å²) in [5.41, 5.74) is 0. The van der Waals surface area contributed by atoms with E-state index in [4.69, 9.17) is 4.74 Å². The van der Waals surface area contributed by atoms with E-state index in [1.165, 1.54) is 25.9 Å². The number of likely N-dealkylation sites (N-methyl/N-ethyl adjacent to an activating group) is 2. The van der Waals surface area contributed by atoms with Gasteiger partial charge in [-0.1, -0.05) is 6.92 Å². The molecule has 0 aliphatic carbocycles. The van der Waals surface area contributed by atoms with Gasteiger partial charge in [-0.3, -0.25) is 4.90 Å². The topological polar surface area (TPSA) is 27.7 Å². The molecule has 18 heavy (non-hydrogen) atoms. The van der Waals surface area contributed by atoms with Crippen molar-refractivity contribution in [3.05, 3.63) is 0 Å². The summed E-state index contributed by atoms with van der Waals surface area (Å²) < 4.78 is 5.70. The van der Waals surface area contributed by atoms with Crippen LogP contribution in [0.2, 0.25) is 0 Å². The maximum atomic E-state index is 5.70. The van der Waals surface area contributed by atoms with Crippen LogP contribution >= 0.6 is 0 Å². The molecular weight excluding hydrogens is 226 g/mol. The van der Waals surface area contributed by atoms with Crippen LogP contribution in [0, 0.1) is 0 Å². The van der Waals surface area contributed by atoms with E-state index in [2.05, 4.69) is 36.1 Å². The molecule has 2 aliphatic rings. The molecule has 0 bridgehead atoms. The van der Waals surface area contributed by atoms with Crippen molar-refractivity contribution in [3.63, 3.8) is 0 Å². The van der Waals surface area contributed by atoms with Crippen molar-refractivity contribution >= 4 is 0 Å². The van der Waals surface area contributed by atoms with Gasteiger partial charge in [0, 0.05) is 24.7 Å². The van der Waals surface area contributed by atoms with Crippen LogP contribution in [0.5, 0.6) is 0 Å². The van der Waals surface area contributed by atoms with Crippen molar-refractivity contribution in [2.75, 3.05) is 46.9 Å². The summed E-state index contributed by atoms with van der Waals surface area (Å²) in [6.45, 7) is 7.52. The van der Waals surface area contributed by atoms with E-state index in [1.54, 1.807) is 0 Å². The van der Waals surface area contributed by atoms with Crippen LogP contribution in [-0.2, 0) is 4.74 Å². The summed E-state index contributed by atoms with van der Waals surface area (Å²) in [6.07, 6.45) is 3.74. The highest BCUT2D eigenvalue weighted by Gasteiger charge is 2.32. The van der Waals surface area contributed by atoms with Crippen molar-refractivity contribution < 1.29 is 4.74 Å². The molecule has 2 heterocycles. The fraction of sp³-hybridized carbons (Fsp3) is 1.00. The van der Waals surface area contributed by atoms with E-state index in [0.717, 1.165) is 32.2 Å². The molecule has 0 aromatic heterocycles. The van der Waals surface area contributed by atoms with Crippen LogP contribution in [0.4, 0.5) is 0 Å². The van der Waals surface area contributed by atoms with Crippen molar-refractivity contribution in [1.82, 2.24) is 15.1 Å². The van der Waals surface area contributed by atoms with E-state index in [-0.39, 0.29) is 0 Å². The monoisotopic (exact) mass is 255 g/mol. The lowest BCUT2D eigenvalue weighted by Crippen LogP contribution is -2.58. The third-order valence-corrected chi connectivity index (χ3v) is 4.58. The van der Waals surface area contributed by atoms with E-state index in [1.807, 2.05) is 0 Å². The fourth-order valence-corrected chi connectivity index (χ4v) is 3.30. The first-order valence-corrected chi connectivity index (χ1v) is 7.44. The van der Waals surface area contributed by atoms with Gasteiger partial charge >= 0.3 is 0 Å². The Labute approximate surface area is 112 Å². The second-order valence-corrected chi connectivity index (χ2v) is 5.80. The smallest absolute Gasteiger partial charge is 0.0637 e. The molecule has 0 aromatic rings. The average molecular weight is 255 g/mol. The summed E-state index contributed by atoms with van der Waals surface area (Å²) >= 11 is 0. The van der Waals surface area contributed by atoms with Crippen molar-refractivity contribution in [2.45, 2.75) is 44.3 Å². The van der Waals surface area contributed by atoms with Gasteiger partial charge in [0.05, 0.1) is 6.61 Å². The quantitative estimate of drug-likeness (QED) is 0.803. The minimum atomic E-state index is 0.548. The highest BCUT2D eigenvalue weighted by molar-refractivity contribution is 4.90. The minimum Gasteiger partial charge on any atom is -0.380 e. The Balaban J connectivity index is 1.90. The molecule has 0 saturated carbocycles.